The summed E-state index contributed by atoms with van der Waals surface area (Å²) in [6, 6.07) is 0.886. The molecule has 2 aromatic rings. The Balaban J connectivity index is 1.60. The molecule has 0 radical (unpaired) electrons. The van der Waals surface area contributed by atoms with Crippen molar-refractivity contribution in [3.63, 3.8) is 0 Å². The van der Waals surface area contributed by atoms with Crippen LogP contribution in [0.2, 0.25) is 0 Å². The number of hydrogen-bond acceptors (Lipinski definition) is 4. The van der Waals surface area contributed by atoms with Crippen molar-refractivity contribution >= 4 is 0 Å². The molecule has 0 bridgehead atoms. The Morgan fingerprint density at radius 3 is 3.05 bits per heavy atom. The molecule has 4 rings (SSSR count). The maximum absolute atomic E-state index is 6.07. The molecule has 6 heteroatoms. The zero-order valence-corrected chi connectivity index (χ0v) is 11.5. The monoisotopic (exact) mass is 272 g/mol. The zero-order chi connectivity index (χ0) is 13.5. The van der Waals surface area contributed by atoms with Gasteiger partial charge >= 0.3 is 0 Å². The molecule has 2 aliphatic rings. The van der Waals surface area contributed by atoms with Crippen LogP contribution in [-0.4, -0.2) is 37.1 Å². The molecule has 0 amide bonds. The molecule has 0 aromatic carbocycles. The van der Waals surface area contributed by atoms with E-state index in [9.17, 15) is 0 Å². The van der Waals surface area contributed by atoms with Crippen molar-refractivity contribution in [2.75, 3.05) is 13.1 Å². The van der Waals surface area contributed by atoms with Gasteiger partial charge < -0.3 is 14.9 Å². The molecule has 0 spiro atoms. The molecule has 2 aromatic heterocycles. The maximum atomic E-state index is 6.07. The van der Waals surface area contributed by atoms with Crippen LogP contribution in [0.15, 0.2) is 24.9 Å². The first-order valence-electron chi connectivity index (χ1n) is 7.32. The number of hydrogen-bond donors (Lipinski definition) is 1. The third kappa shape index (κ3) is 1.96. The lowest BCUT2D eigenvalue weighted by molar-refractivity contribution is 0.150. The highest BCUT2D eigenvalue weighted by atomic mass is 15.3. The Morgan fingerprint density at radius 2 is 2.25 bits per heavy atom. The van der Waals surface area contributed by atoms with Crippen molar-refractivity contribution in [3.05, 3.63) is 36.4 Å². The molecule has 1 saturated carbocycles. The summed E-state index contributed by atoms with van der Waals surface area (Å²) in [4.78, 5) is 11.2. The minimum absolute atomic E-state index is 0.239. The van der Waals surface area contributed by atoms with E-state index in [1.807, 2.05) is 18.7 Å². The largest absolute Gasteiger partial charge is 0.333 e. The van der Waals surface area contributed by atoms with Crippen LogP contribution in [0.4, 0.5) is 0 Å². The van der Waals surface area contributed by atoms with Gasteiger partial charge in [0, 0.05) is 44.3 Å². The number of nitrogens with two attached hydrogens (primary N) is 1. The smallest absolute Gasteiger partial charge is 0.122 e. The minimum Gasteiger partial charge on any atom is -0.333 e. The molecule has 6 nitrogen and oxygen atoms in total. The molecular formula is C14H20N6. The van der Waals surface area contributed by atoms with Gasteiger partial charge in [0.1, 0.15) is 5.82 Å². The van der Waals surface area contributed by atoms with E-state index in [2.05, 4.69) is 30.2 Å². The number of aromatic nitrogens is 4. The normalized spacial score (nSPS) is 20.9. The van der Waals surface area contributed by atoms with E-state index in [0.29, 0.717) is 12.6 Å². The summed E-state index contributed by atoms with van der Waals surface area (Å²) in [5.41, 5.74) is 7.33. The summed E-state index contributed by atoms with van der Waals surface area (Å²) in [7, 11) is 0. The molecule has 1 aliphatic carbocycles. The molecule has 1 aliphatic heterocycles. The number of rotatable bonds is 4. The van der Waals surface area contributed by atoms with Gasteiger partial charge in [0.15, 0.2) is 0 Å². The lowest BCUT2D eigenvalue weighted by atomic mass is 10.1. The molecule has 0 saturated heterocycles. The summed E-state index contributed by atoms with van der Waals surface area (Å²) in [5.74, 6) is 1.13. The fourth-order valence-corrected chi connectivity index (χ4v) is 3.15. The van der Waals surface area contributed by atoms with Crippen LogP contribution in [0.1, 0.15) is 36.4 Å². The van der Waals surface area contributed by atoms with Gasteiger partial charge in [-0.1, -0.05) is 0 Å². The molecular weight excluding hydrogens is 252 g/mol. The first-order valence-corrected chi connectivity index (χ1v) is 7.32. The summed E-state index contributed by atoms with van der Waals surface area (Å²) in [5, 5.41) is 0. The van der Waals surface area contributed by atoms with Gasteiger partial charge in [0.25, 0.3) is 0 Å². The molecule has 1 unspecified atom stereocenters. The van der Waals surface area contributed by atoms with E-state index in [0.717, 1.165) is 25.5 Å². The van der Waals surface area contributed by atoms with Crippen LogP contribution in [0.5, 0.6) is 0 Å². The van der Waals surface area contributed by atoms with Crippen molar-refractivity contribution in [1.82, 2.24) is 24.0 Å². The maximum Gasteiger partial charge on any atom is 0.122 e. The molecule has 20 heavy (non-hydrogen) atoms. The summed E-state index contributed by atoms with van der Waals surface area (Å²) in [6.45, 7) is 3.49. The van der Waals surface area contributed by atoms with Crippen LogP contribution in [-0.2, 0) is 13.1 Å². The van der Waals surface area contributed by atoms with Crippen LogP contribution in [0, 0.1) is 0 Å². The highest BCUT2D eigenvalue weighted by molar-refractivity contribution is 5.11. The van der Waals surface area contributed by atoms with Gasteiger partial charge in [0.05, 0.1) is 24.6 Å². The molecule has 3 heterocycles. The first kappa shape index (κ1) is 12.1. The molecule has 1 atom stereocenters. The lowest BCUT2D eigenvalue weighted by Gasteiger charge is -2.34. The van der Waals surface area contributed by atoms with Crippen molar-refractivity contribution in [3.8, 4) is 0 Å². The predicted molar refractivity (Wildman–Crippen MR) is 74.9 cm³/mol. The second kappa shape index (κ2) is 4.71. The van der Waals surface area contributed by atoms with Crippen molar-refractivity contribution < 1.29 is 0 Å². The molecule has 2 N–H and O–H groups in total. The fraction of sp³-hybridized carbons (Fsp3) is 0.571. The summed E-state index contributed by atoms with van der Waals surface area (Å²) in [6.07, 6.45) is 10.4. The number of imidazole rings is 2. The SMILES string of the molecule is NCC(c1cncn1C1CC1)N1CCn2ccnc2C1. The second-order valence-corrected chi connectivity index (χ2v) is 5.72. The lowest BCUT2D eigenvalue weighted by Crippen LogP contribution is -2.40. The summed E-state index contributed by atoms with van der Waals surface area (Å²) < 4.78 is 4.54. The van der Waals surface area contributed by atoms with E-state index in [4.69, 9.17) is 5.73 Å². The van der Waals surface area contributed by atoms with Crippen LogP contribution < -0.4 is 5.73 Å². The second-order valence-electron chi connectivity index (χ2n) is 5.72. The average Bonchev–Trinajstić information content (AvgIpc) is 3.02. The Kier molecular flexibility index (Phi) is 2.85. The van der Waals surface area contributed by atoms with Gasteiger partial charge in [0.2, 0.25) is 0 Å². The van der Waals surface area contributed by atoms with E-state index in [1.54, 1.807) is 0 Å². The average molecular weight is 272 g/mol. The third-order valence-corrected chi connectivity index (χ3v) is 4.42. The van der Waals surface area contributed by atoms with Crippen molar-refractivity contribution in [1.29, 1.82) is 0 Å². The van der Waals surface area contributed by atoms with Gasteiger partial charge in [-0.2, -0.15) is 0 Å². The fourth-order valence-electron chi connectivity index (χ4n) is 3.15. The first-order chi connectivity index (χ1) is 9.86. The van der Waals surface area contributed by atoms with E-state index < -0.39 is 0 Å². The molecule has 106 valence electrons. The van der Waals surface area contributed by atoms with Crippen molar-refractivity contribution in [2.45, 2.75) is 38.0 Å². The Morgan fingerprint density at radius 1 is 1.35 bits per heavy atom. The van der Waals surface area contributed by atoms with Gasteiger partial charge in [-0.25, -0.2) is 9.97 Å². The van der Waals surface area contributed by atoms with Crippen molar-refractivity contribution in [2.24, 2.45) is 5.73 Å². The van der Waals surface area contributed by atoms with E-state index >= 15 is 0 Å². The van der Waals surface area contributed by atoms with Crippen LogP contribution >= 0.6 is 0 Å². The summed E-state index contributed by atoms with van der Waals surface area (Å²) >= 11 is 0. The quantitative estimate of drug-likeness (QED) is 0.899. The Bertz CT molecular complexity index is 596. The van der Waals surface area contributed by atoms with E-state index in [-0.39, 0.29) is 6.04 Å². The highest BCUT2D eigenvalue weighted by Gasteiger charge is 2.31. The number of nitrogens with zero attached hydrogens (tertiary/aromatic N) is 5. The van der Waals surface area contributed by atoms with Gasteiger partial charge in [-0.05, 0) is 12.8 Å². The third-order valence-electron chi connectivity index (χ3n) is 4.42. The van der Waals surface area contributed by atoms with Crippen LogP contribution in [0.3, 0.4) is 0 Å². The van der Waals surface area contributed by atoms with E-state index in [1.165, 1.54) is 18.5 Å². The van der Waals surface area contributed by atoms with Gasteiger partial charge in [-0.3, -0.25) is 4.90 Å². The minimum atomic E-state index is 0.239. The highest BCUT2D eigenvalue weighted by Crippen LogP contribution is 2.38. The van der Waals surface area contributed by atoms with Gasteiger partial charge in [-0.15, -0.1) is 0 Å². The zero-order valence-electron chi connectivity index (χ0n) is 11.5. The van der Waals surface area contributed by atoms with Crippen LogP contribution in [0.25, 0.3) is 0 Å². The number of fused-ring (bicyclic) bond motifs is 1. The molecule has 1 fully saturated rings. The predicted octanol–water partition coefficient (Wildman–Crippen LogP) is 0.930. The Hall–Kier alpha value is -1.66. The Labute approximate surface area is 118 Å². The standard InChI is InChI=1S/C14H20N6/c15-7-12(13-8-16-10-20(13)11-1-2-11)19-6-5-18-4-3-17-14(18)9-19/h3-4,8,10-12H,1-2,5-7,9,15H2. The topological polar surface area (TPSA) is 64.9 Å².